The van der Waals surface area contributed by atoms with Gasteiger partial charge in [-0.2, -0.15) is 0 Å². The van der Waals surface area contributed by atoms with Crippen molar-refractivity contribution in [3.05, 3.63) is 0 Å². The Hall–Kier alpha value is -1.21. The molecule has 17 heavy (non-hydrogen) atoms. The van der Waals surface area contributed by atoms with Crippen molar-refractivity contribution in [3.63, 3.8) is 0 Å². The van der Waals surface area contributed by atoms with E-state index in [1.807, 2.05) is 27.7 Å². The van der Waals surface area contributed by atoms with Crippen molar-refractivity contribution < 1.29 is 9.53 Å². The van der Waals surface area contributed by atoms with Crippen molar-refractivity contribution in [2.75, 3.05) is 6.54 Å². The van der Waals surface area contributed by atoms with E-state index >= 15 is 0 Å². The summed E-state index contributed by atoms with van der Waals surface area (Å²) in [5.41, 5.74) is -0.428. The van der Waals surface area contributed by atoms with Gasteiger partial charge >= 0.3 is 6.09 Å². The maximum Gasteiger partial charge on any atom is 0.407 e. The van der Waals surface area contributed by atoms with E-state index in [0.717, 1.165) is 19.4 Å². The van der Waals surface area contributed by atoms with Crippen molar-refractivity contribution in [3.8, 4) is 11.8 Å². The van der Waals surface area contributed by atoms with E-state index in [9.17, 15) is 4.79 Å². The fourth-order valence-corrected chi connectivity index (χ4v) is 1.66. The summed E-state index contributed by atoms with van der Waals surface area (Å²) in [7, 11) is 0. The lowest BCUT2D eigenvalue weighted by molar-refractivity contribution is 0.0466. The second-order valence-electron chi connectivity index (χ2n) is 5.32. The molecule has 1 fully saturated rings. The van der Waals surface area contributed by atoms with E-state index in [0.29, 0.717) is 6.04 Å². The van der Waals surface area contributed by atoms with Gasteiger partial charge in [0, 0.05) is 12.1 Å². The monoisotopic (exact) mass is 238 g/mol. The van der Waals surface area contributed by atoms with E-state index < -0.39 is 5.60 Å². The Kier molecular flexibility index (Phi) is 4.83. The van der Waals surface area contributed by atoms with Gasteiger partial charge in [0.05, 0.1) is 6.54 Å². The molecule has 0 aliphatic heterocycles. The van der Waals surface area contributed by atoms with Gasteiger partial charge in [0.15, 0.2) is 0 Å². The highest BCUT2D eigenvalue weighted by atomic mass is 16.6. The van der Waals surface area contributed by atoms with E-state index in [2.05, 4.69) is 22.5 Å². The van der Waals surface area contributed by atoms with Crippen LogP contribution < -0.4 is 10.6 Å². The van der Waals surface area contributed by atoms with E-state index in [-0.39, 0.29) is 12.1 Å². The fourth-order valence-electron chi connectivity index (χ4n) is 1.66. The van der Waals surface area contributed by atoms with E-state index in [1.54, 1.807) is 0 Å². The SMILES string of the molecule is CC#CCNC1CC(NC(=O)OC(C)(C)C)C1. The van der Waals surface area contributed by atoms with Gasteiger partial charge in [-0.25, -0.2) is 4.79 Å². The summed E-state index contributed by atoms with van der Waals surface area (Å²) in [6.07, 6.45) is 1.57. The smallest absolute Gasteiger partial charge is 0.407 e. The molecule has 0 aromatic heterocycles. The maximum absolute atomic E-state index is 11.5. The van der Waals surface area contributed by atoms with Crippen molar-refractivity contribution in [1.82, 2.24) is 10.6 Å². The molecule has 4 heteroatoms. The Bertz CT molecular complexity index is 317. The van der Waals surface area contributed by atoms with Crippen LogP contribution in [0.5, 0.6) is 0 Å². The first-order chi connectivity index (χ1) is 7.90. The van der Waals surface area contributed by atoms with Gasteiger partial charge in [-0.1, -0.05) is 5.92 Å². The molecule has 0 unspecified atom stereocenters. The molecule has 0 atom stereocenters. The van der Waals surface area contributed by atoms with Crippen molar-refractivity contribution in [1.29, 1.82) is 0 Å². The highest BCUT2D eigenvalue weighted by Crippen LogP contribution is 2.20. The molecule has 96 valence electrons. The number of carbonyl (C=O) groups excluding carboxylic acids is 1. The zero-order valence-electron chi connectivity index (χ0n) is 11.1. The predicted molar refractivity (Wildman–Crippen MR) is 67.6 cm³/mol. The third-order valence-electron chi connectivity index (χ3n) is 2.51. The van der Waals surface area contributed by atoms with Crippen LogP contribution in [0.2, 0.25) is 0 Å². The normalized spacial score (nSPS) is 23.1. The molecular weight excluding hydrogens is 216 g/mol. The topological polar surface area (TPSA) is 50.4 Å². The summed E-state index contributed by atoms with van der Waals surface area (Å²) in [5.74, 6) is 5.80. The minimum atomic E-state index is -0.428. The number of amides is 1. The van der Waals surface area contributed by atoms with Crippen LogP contribution in [0.25, 0.3) is 0 Å². The first-order valence-corrected chi connectivity index (χ1v) is 6.03. The average molecular weight is 238 g/mol. The summed E-state index contributed by atoms with van der Waals surface area (Å²) in [5, 5.41) is 6.16. The Labute approximate surface area is 103 Å². The predicted octanol–water partition coefficient (Wildman–Crippen LogP) is 1.66. The summed E-state index contributed by atoms with van der Waals surface area (Å²) in [6.45, 7) is 8.14. The summed E-state index contributed by atoms with van der Waals surface area (Å²) in [4.78, 5) is 11.5. The van der Waals surface area contributed by atoms with Crippen LogP contribution in [0.1, 0.15) is 40.5 Å². The number of rotatable bonds is 3. The van der Waals surface area contributed by atoms with Crippen molar-refractivity contribution >= 4 is 6.09 Å². The van der Waals surface area contributed by atoms with Gasteiger partial charge in [-0.15, -0.1) is 5.92 Å². The first kappa shape index (κ1) is 13.9. The third-order valence-corrected chi connectivity index (χ3v) is 2.51. The maximum atomic E-state index is 11.5. The van der Waals surface area contributed by atoms with Crippen LogP contribution in [0.4, 0.5) is 4.79 Å². The minimum Gasteiger partial charge on any atom is -0.444 e. The van der Waals surface area contributed by atoms with Gasteiger partial charge in [-0.3, -0.25) is 0 Å². The van der Waals surface area contributed by atoms with Crippen LogP contribution in [0.3, 0.4) is 0 Å². The number of hydrogen-bond acceptors (Lipinski definition) is 3. The number of hydrogen-bond donors (Lipinski definition) is 2. The summed E-state index contributed by atoms with van der Waals surface area (Å²) >= 11 is 0. The zero-order chi connectivity index (χ0) is 12.9. The highest BCUT2D eigenvalue weighted by molar-refractivity contribution is 5.68. The lowest BCUT2D eigenvalue weighted by Gasteiger charge is -2.36. The lowest BCUT2D eigenvalue weighted by Crippen LogP contribution is -2.53. The Morgan fingerprint density at radius 2 is 2.00 bits per heavy atom. The number of alkyl carbamates (subject to hydrolysis) is 1. The Morgan fingerprint density at radius 3 is 2.53 bits per heavy atom. The minimum absolute atomic E-state index is 0.233. The fraction of sp³-hybridized carbons (Fsp3) is 0.769. The molecule has 0 spiro atoms. The van der Waals surface area contributed by atoms with Crippen molar-refractivity contribution in [2.24, 2.45) is 0 Å². The number of ether oxygens (including phenoxy) is 1. The van der Waals surface area contributed by atoms with Gasteiger partial charge in [0.25, 0.3) is 0 Å². The van der Waals surface area contributed by atoms with Crippen LogP contribution >= 0.6 is 0 Å². The van der Waals surface area contributed by atoms with Gasteiger partial charge in [-0.05, 0) is 40.5 Å². The molecular formula is C13H22N2O2. The molecule has 1 aliphatic rings. The average Bonchev–Trinajstić information content (AvgIpc) is 2.10. The molecule has 1 rings (SSSR count). The Morgan fingerprint density at radius 1 is 1.35 bits per heavy atom. The molecule has 1 aliphatic carbocycles. The molecule has 0 heterocycles. The molecule has 2 N–H and O–H groups in total. The summed E-state index contributed by atoms with van der Waals surface area (Å²) < 4.78 is 5.19. The van der Waals surface area contributed by atoms with Crippen LogP contribution in [-0.4, -0.2) is 30.3 Å². The van der Waals surface area contributed by atoms with Gasteiger partial charge in [0.1, 0.15) is 5.60 Å². The van der Waals surface area contributed by atoms with Crippen molar-refractivity contribution in [2.45, 2.75) is 58.2 Å². The molecule has 0 aromatic carbocycles. The largest absolute Gasteiger partial charge is 0.444 e. The van der Waals surface area contributed by atoms with Gasteiger partial charge < -0.3 is 15.4 Å². The molecule has 4 nitrogen and oxygen atoms in total. The number of carbonyl (C=O) groups is 1. The van der Waals surface area contributed by atoms with Crippen LogP contribution in [0, 0.1) is 11.8 Å². The Balaban J connectivity index is 2.12. The highest BCUT2D eigenvalue weighted by Gasteiger charge is 2.30. The zero-order valence-corrected chi connectivity index (χ0v) is 11.1. The molecule has 0 saturated heterocycles. The van der Waals surface area contributed by atoms with Crippen LogP contribution in [0.15, 0.2) is 0 Å². The lowest BCUT2D eigenvalue weighted by atomic mass is 9.87. The quantitative estimate of drug-likeness (QED) is 0.735. The molecule has 0 bridgehead atoms. The second kappa shape index (κ2) is 5.92. The molecule has 0 radical (unpaired) electrons. The van der Waals surface area contributed by atoms with E-state index in [1.165, 1.54) is 0 Å². The van der Waals surface area contributed by atoms with E-state index in [4.69, 9.17) is 4.74 Å². The first-order valence-electron chi connectivity index (χ1n) is 6.03. The number of nitrogens with one attached hydrogen (secondary N) is 2. The van der Waals surface area contributed by atoms with Gasteiger partial charge in [0.2, 0.25) is 0 Å². The molecule has 0 aromatic rings. The molecule has 1 amide bonds. The standard InChI is InChI=1S/C13H22N2O2/c1-5-6-7-14-10-8-11(9-10)15-12(16)17-13(2,3)4/h10-11,14H,7-9H2,1-4H3,(H,15,16). The second-order valence-corrected chi connectivity index (χ2v) is 5.32. The molecule has 1 saturated carbocycles. The third kappa shape index (κ3) is 5.60. The van der Waals surface area contributed by atoms with Crippen LogP contribution in [-0.2, 0) is 4.74 Å². The summed E-state index contributed by atoms with van der Waals surface area (Å²) in [6, 6.07) is 0.702.